The number of rotatable bonds is 4. The van der Waals surface area contributed by atoms with Gasteiger partial charge in [-0.25, -0.2) is 0 Å². The van der Waals surface area contributed by atoms with Crippen LogP contribution in [0.25, 0.3) is 0 Å². The highest BCUT2D eigenvalue weighted by Gasteiger charge is 2.17. The third-order valence-corrected chi connectivity index (χ3v) is 2.75. The minimum absolute atomic E-state index is 0.0720. The van der Waals surface area contributed by atoms with Gasteiger partial charge in [0.15, 0.2) is 0 Å². The smallest absolute Gasteiger partial charge is 0.136 e. The van der Waals surface area contributed by atoms with E-state index in [0.29, 0.717) is 0 Å². The van der Waals surface area contributed by atoms with Gasteiger partial charge in [0.25, 0.3) is 0 Å². The number of hydrogen-bond donors (Lipinski definition) is 2. The van der Waals surface area contributed by atoms with Gasteiger partial charge in [-0.15, -0.1) is 0 Å². The fourth-order valence-electron chi connectivity index (χ4n) is 1.52. The predicted octanol–water partition coefficient (Wildman–Crippen LogP) is 2.07. The summed E-state index contributed by atoms with van der Waals surface area (Å²) in [4.78, 5) is 0. The first-order chi connectivity index (χ1) is 7.84. The summed E-state index contributed by atoms with van der Waals surface area (Å²) in [5.74, 6) is 0.758. The lowest BCUT2D eigenvalue weighted by atomic mass is 9.87. The zero-order valence-corrected chi connectivity index (χ0v) is 11.1. The standard InChI is InChI=1S/C14H23NO2/c1-10(15)13(9-16)17-12-7-5-6-11(8-12)14(2,3)4/h5-8,10,13,16H,9,15H2,1-4H3. The molecule has 0 saturated carbocycles. The van der Waals surface area contributed by atoms with Crippen LogP contribution in [0.5, 0.6) is 5.75 Å². The van der Waals surface area contributed by atoms with Crippen LogP contribution in [-0.4, -0.2) is 23.9 Å². The molecule has 3 nitrogen and oxygen atoms in total. The predicted molar refractivity (Wildman–Crippen MR) is 70.3 cm³/mol. The van der Waals surface area contributed by atoms with Crippen LogP contribution < -0.4 is 10.5 Å². The molecule has 0 bridgehead atoms. The minimum atomic E-state index is -0.356. The largest absolute Gasteiger partial charge is 0.486 e. The fourth-order valence-corrected chi connectivity index (χ4v) is 1.52. The van der Waals surface area contributed by atoms with Crippen molar-refractivity contribution in [3.05, 3.63) is 29.8 Å². The summed E-state index contributed by atoms with van der Waals surface area (Å²) < 4.78 is 5.69. The number of hydrogen-bond acceptors (Lipinski definition) is 3. The Hall–Kier alpha value is -1.06. The molecule has 0 aliphatic carbocycles. The van der Waals surface area contributed by atoms with Gasteiger partial charge in [-0.1, -0.05) is 32.9 Å². The molecule has 0 heterocycles. The summed E-state index contributed by atoms with van der Waals surface area (Å²) in [5, 5.41) is 9.18. The maximum absolute atomic E-state index is 9.18. The van der Waals surface area contributed by atoms with Gasteiger partial charge in [0.1, 0.15) is 11.9 Å². The fraction of sp³-hybridized carbons (Fsp3) is 0.571. The average molecular weight is 237 g/mol. The molecule has 2 unspecified atom stereocenters. The van der Waals surface area contributed by atoms with Gasteiger partial charge in [0.2, 0.25) is 0 Å². The molecule has 2 atom stereocenters. The summed E-state index contributed by atoms with van der Waals surface area (Å²) in [6.45, 7) is 8.22. The van der Waals surface area contributed by atoms with E-state index in [2.05, 4.69) is 26.8 Å². The van der Waals surface area contributed by atoms with E-state index < -0.39 is 0 Å². The molecule has 3 N–H and O–H groups in total. The molecule has 1 rings (SSSR count). The Balaban J connectivity index is 2.85. The molecule has 0 aliphatic rings. The highest BCUT2D eigenvalue weighted by molar-refractivity contribution is 5.32. The van der Waals surface area contributed by atoms with Crippen molar-refractivity contribution in [1.82, 2.24) is 0 Å². The molecular formula is C14H23NO2. The van der Waals surface area contributed by atoms with Crippen molar-refractivity contribution in [1.29, 1.82) is 0 Å². The third-order valence-electron chi connectivity index (χ3n) is 2.75. The van der Waals surface area contributed by atoms with Crippen LogP contribution in [0.2, 0.25) is 0 Å². The van der Waals surface area contributed by atoms with E-state index in [9.17, 15) is 5.11 Å². The van der Waals surface area contributed by atoms with Gasteiger partial charge in [-0.2, -0.15) is 0 Å². The number of benzene rings is 1. The highest BCUT2D eigenvalue weighted by Crippen LogP contribution is 2.26. The SMILES string of the molecule is CC(N)C(CO)Oc1cccc(C(C)(C)C)c1. The zero-order valence-electron chi connectivity index (χ0n) is 11.1. The second-order valence-electron chi connectivity index (χ2n) is 5.48. The second-order valence-corrected chi connectivity index (χ2v) is 5.48. The van der Waals surface area contributed by atoms with Crippen molar-refractivity contribution in [2.24, 2.45) is 5.73 Å². The van der Waals surface area contributed by atoms with Gasteiger partial charge in [0, 0.05) is 6.04 Å². The molecule has 0 aliphatic heterocycles. The Morgan fingerprint density at radius 3 is 2.47 bits per heavy atom. The number of nitrogens with two attached hydrogens (primary N) is 1. The minimum Gasteiger partial charge on any atom is -0.486 e. The Bertz CT molecular complexity index is 355. The summed E-state index contributed by atoms with van der Waals surface area (Å²) in [5.41, 5.74) is 7.02. The van der Waals surface area contributed by atoms with Crippen molar-refractivity contribution in [3.63, 3.8) is 0 Å². The molecule has 0 fully saturated rings. The molecule has 1 aromatic rings. The van der Waals surface area contributed by atoms with E-state index in [1.165, 1.54) is 5.56 Å². The first kappa shape index (κ1) is 14.0. The van der Waals surface area contributed by atoms with E-state index in [1.54, 1.807) is 0 Å². The summed E-state index contributed by atoms with van der Waals surface area (Å²) in [7, 11) is 0. The molecule has 0 saturated heterocycles. The molecule has 3 heteroatoms. The van der Waals surface area contributed by atoms with Crippen molar-refractivity contribution in [2.45, 2.75) is 45.3 Å². The van der Waals surface area contributed by atoms with Crippen LogP contribution in [-0.2, 0) is 5.41 Å². The number of aliphatic hydroxyl groups excluding tert-OH is 1. The van der Waals surface area contributed by atoms with Gasteiger partial charge in [-0.3, -0.25) is 0 Å². The van der Waals surface area contributed by atoms with E-state index in [1.807, 2.05) is 25.1 Å². The molecular weight excluding hydrogens is 214 g/mol. The summed E-state index contributed by atoms with van der Waals surface area (Å²) in [6, 6.07) is 7.74. The first-order valence-corrected chi connectivity index (χ1v) is 5.98. The zero-order chi connectivity index (χ0) is 13.1. The Morgan fingerprint density at radius 2 is 2.00 bits per heavy atom. The van der Waals surface area contributed by atoms with Gasteiger partial charge in [-0.05, 0) is 30.0 Å². The normalized spacial score (nSPS) is 15.4. The van der Waals surface area contributed by atoms with Gasteiger partial charge >= 0.3 is 0 Å². The lowest BCUT2D eigenvalue weighted by Gasteiger charge is -2.23. The van der Waals surface area contributed by atoms with Crippen molar-refractivity contribution >= 4 is 0 Å². The highest BCUT2D eigenvalue weighted by atomic mass is 16.5. The van der Waals surface area contributed by atoms with Crippen molar-refractivity contribution in [3.8, 4) is 5.75 Å². The van der Waals surface area contributed by atoms with Gasteiger partial charge < -0.3 is 15.6 Å². The van der Waals surface area contributed by atoms with Gasteiger partial charge in [0.05, 0.1) is 6.61 Å². The molecule has 0 amide bonds. The Morgan fingerprint density at radius 1 is 1.35 bits per heavy atom. The quantitative estimate of drug-likeness (QED) is 0.843. The maximum atomic E-state index is 9.18. The molecule has 17 heavy (non-hydrogen) atoms. The third kappa shape index (κ3) is 4.02. The maximum Gasteiger partial charge on any atom is 0.136 e. The van der Waals surface area contributed by atoms with Crippen LogP contribution in [0, 0.1) is 0 Å². The molecule has 0 radical (unpaired) electrons. The van der Waals surface area contributed by atoms with E-state index >= 15 is 0 Å². The number of aliphatic hydroxyl groups is 1. The van der Waals surface area contributed by atoms with Crippen LogP contribution in [0.1, 0.15) is 33.3 Å². The van der Waals surface area contributed by atoms with Crippen LogP contribution in [0.4, 0.5) is 0 Å². The summed E-state index contributed by atoms with van der Waals surface area (Å²) >= 11 is 0. The van der Waals surface area contributed by atoms with E-state index in [4.69, 9.17) is 10.5 Å². The monoisotopic (exact) mass is 237 g/mol. The Labute approximate surface area is 104 Å². The van der Waals surface area contributed by atoms with Crippen LogP contribution >= 0.6 is 0 Å². The first-order valence-electron chi connectivity index (χ1n) is 5.98. The topological polar surface area (TPSA) is 55.5 Å². The molecule has 0 spiro atoms. The average Bonchev–Trinajstić information content (AvgIpc) is 2.24. The van der Waals surface area contributed by atoms with Crippen LogP contribution in [0.15, 0.2) is 24.3 Å². The second kappa shape index (κ2) is 5.52. The number of ether oxygens (including phenoxy) is 1. The van der Waals surface area contributed by atoms with E-state index in [-0.39, 0.29) is 24.2 Å². The van der Waals surface area contributed by atoms with Crippen molar-refractivity contribution < 1.29 is 9.84 Å². The van der Waals surface area contributed by atoms with Crippen LogP contribution in [0.3, 0.4) is 0 Å². The van der Waals surface area contributed by atoms with E-state index in [0.717, 1.165) is 5.75 Å². The Kier molecular flexibility index (Phi) is 4.54. The lowest BCUT2D eigenvalue weighted by molar-refractivity contribution is 0.0989. The summed E-state index contributed by atoms with van der Waals surface area (Å²) in [6.07, 6.45) is -0.356. The molecule has 1 aromatic carbocycles. The lowest BCUT2D eigenvalue weighted by Crippen LogP contribution is -2.39. The molecule has 96 valence electrons. The van der Waals surface area contributed by atoms with Crippen molar-refractivity contribution in [2.75, 3.05) is 6.61 Å². The molecule has 0 aromatic heterocycles.